The zero-order valence-electron chi connectivity index (χ0n) is 31.6. The third-order valence-electron chi connectivity index (χ3n) is 9.67. The van der Waals surface area contributed by atoms with Gasteiger partial charge in [-0.3, -0.25) is 0 Å². The molecule has 0 aliphatic heterocycles. The standard InChI is InChI=1S/C30H21.C18H17.2CH3.2ClH.Si.Zr/c1-20-16-23-18-24(27-14-6-10-21-8-2-4-12-25(21)27)19-30(29(23)17-20)28-15-7-11-22-9-3-5-13-26(22)28;1-13(2)16-11-15-9-6-10-17(18(15)12-16)14-7-4-3-5-8-14;;;;;;/h2-19H,1H3;3-13H,1-2H3;2*1H3;2*1H;;/q4*-1;;;;. The predicted molar refractivity (Wildman–Crippen MR) is 242 cm³/mol. The van der Waals surface area contributed by atoms with E-state index < -0.39 is 0 Å². The molecule has 0 aromatic heterocycles. The number of hydrogen-bond donors (Lipinski definition) is 0. The Hall–Kier alpha value is -4.04. The summed E-state index contributed by atoms with van der Waals surface area (Å²) in [5, 5.41) is 10.5. The molecule has 0 heterocycles. The number of fused-ring (bicyclic) bond motifs is 4. The molecule has 9 aromatic rings. The summed E-state index contributed by atoms with van der Waals surface area (Å²) < 4.78 is 0. The van der Waals surface area contributed by atoms with Crippen molar-refractivity contribution in [3.63, 3.8) is 0 Å². The van der Waals surface area contributed by atoms with Gasteiger partial charge in [0, 0.05) is 0 Å². The molecule has 0 aliphatic carbocycles. The molecule has 0 aliphatic rings. The van der Waals surface area contributed by atoms with Gasteiger partial charge in [-0.05, 0) is 44.2 Å². The summed E-state index contributed by atoms with van der Waals surface area (Å²) in [6.07, 6.45) is 0. The average Bonchev–Trinajstić information content (AvgIpc) is 3.79. The van der Waals surface area contributed by atoms with E-state index in [4.69, 9.17) is 0 Å². The van der Waals surface area contributed by atoms with Crippen molar-refractivity contribution < 1.29 is 23.3 Å². The Balaban J connectivity index is 0.000000285. The molecule has 54 heavy (non-hydrogen) atoms. The second-order valence-electron chi connectivity index (χ2n) is 13.2. The number of hydrogen-bond acceptors (Lipinski definition) is 0. The van der Waals surface area contributed by atoms with Crippen molar-refractivity contribution in [2.24, 2.45) is 0 Å². The van der Waals surface area contributed by atoms with Crippen LogP contribution in [0.25, 0.3) is 76.5 Å². The Morgan fingerprint density at radius 2 is 0.944 bits per heavy atom. The van der Waals surface area contributed by atoms with Crippen molar-refractivity contribution in [3.8, 4) is 33.4 Å². The Kier molecular flexibility index (Phi) is 16.5. The average molecular weight is 837 g/mol. The van der Waals surface area contributed by atoms with Crippen LogP contribution in [0.3, 0.4) is 0 Å². The molecule has 272 valence electrons. The first-order chi connectivity index (χ1) is 24.5. The van der Waals surface area contributed by atoms with Crippen LogP contribution in [-0.2, 0) is 23.3 Å². The van der Waals surface area contributed by atoms with E-state index in [-0.39, 0.29) is 39.7 Å². The van der Waals surface area contributed by atoms with Crippen molar-refractivity contribution >= 4 is 74.8 Å². The summed E-state index contributed by atoms with van der Waals surface area (Å²) in [6.45, 7) is 9.74. The van der Waals surface area contributed by atoms with E-state index in [1.807, 2.05) is 0 Å². The summed E-state index contributed by atoms with van der Waals surface area (Å²) in [5.41, 5.74) is 10.5. The maximum atomic E-state index is 3.06. The second kappa shape index (κ2) is 20.0. The summed E-state index contributed by atoms with van der Waals surface area (Å²) in [5.74, 6) is 0.584. The fourth-order valence-corrected chi connectivity index (χ4v) is 7.25. The summed E-state index contributed by atoms with van der Waals surface area (Å²) in [4.78, 5) is 0. The molecular formula is C50H46Cl2SiZr-4. The first-order valence-electron chi connectivity index (χ1n) is 17.2. The van der Waals surface area contributed by atoms with Crippen molar-refractivity contribution in [1.29, 1.82) is 0 Å². The Bertz CT molecular complexity index is 2570. The van der Waals surface area contributed by atoms with E-state index in [0.717, 1.165) is 0 Å². The van der Waals surface area contributed by atoms with E-state index in [9.17, 15) is 0 Å². The van der Waals surface area contributed by atoms with Gasteiger partial charge < -0.3 is 14.9 Å². The van der Waals surface area contributed by atoms with Crippen molar-refractivity contribution in [3.05, 3.63) is 196 Å². The van der Waals surface area contributed by atoms with Crippen LogP contribution < -0.4 is 0 Å². The second-order valence-corrected chi connectivity index (χ2v) is 13.2. The summed E-state index contributed by atoms with van der Waals surface area (Å²) in [6, 6.07) is 61.7. The van der Waals surface area contributed by atoms with Crippen LogP contribution in [0.5, 0.6) is 0 Å². The van der Waals surface area contributed by atoms with Gasteiger partial charge in [-0.15, -0.1) is 87.8 Å². The topological polar surface area (TPSA) is 0 Å². The third-order valence-corrected chi connectivity index (χ3v) is 9.67. The molecule has 0 N–H and O–H groups in total. The Morgan fingerprint density at radius 1 is 0.444 bits per heavy atom. The zero-order chi connectivity index (χ0) is 34.6. The number of rotatable bonds is 4. The minimum absolute atomic E-state index is 0. The quantitative estimate of drug-likeness (QED) is 0.122. The molecule has 9 aromatic carbocycles. The first-order valence-corrected chi connectivity index (χ1v) is 21.4. The van der Waals surface area contributed by atoms with Crippen LogP contribution in [-0.4, -0.2) is 6.88 Å². The molecule has 0 atom stereocenters. The van der Waals surface area contributed by atoms with E-state index in [0.29, 0.717) is 5.92 Å². The van der Waals surface area contributed by atoms with Gasteiger partial charge in [-0.25, -0.2) is 0 Å². The van der Waals surface area contributed by atoms with Crippen LogP contribution in [0.15, 0.2) is 170 Å². The van der Waals surface area contributed by atoms with Crippen LogP contribution in [0.4, 0.5) is 0 Å². The normalized spacial score (nSPS) is 10.2. The fraction of sp³-hybridized carbons (Fsp3) is 0.0800. The molecule has 0 unspecified atom stereocenters. The molecule has 2 radical (unpaired) electrons. The van der Waals surface area contributed by atoms with Crippen LogP contribution in [0, 0.1) is 21.8 Å². The predicted octanol–water partition coefficient (Wildman–Crippen LogP) is 15.2. The van der Waals surface area contributed by atoms with Gasteiger partial charge in [-0.1, -0.05) is 165 Å². The van der Waals surface area contributed by atoms with Crippen molar-refractivity contribution in [2.75, 3.05) is 0 Å². The van der Waals surface area contributed by atoms with Gasteiger partial charge in [0.2, 0.25) is 0 Å². The Morgan fingerprint density at radius 3 is 1.57 bits per heavy atom. The Labute approximate surface area is 351 Å². The van der Waals surface area contributed by atoms with Gasteiger partial charge in [0.1, 0.15) is 0 Å². The van der Waals surface area contributed by atoms with Crippen LogP contribution in [0.1, 0.15) is 30.9 Å². The van der Waals surface area contributed by atoms with Gasteiger partial charge in [0.05, 0.1) is 0 Å². The molecule has 0 nitrogen and oxygen atoms in total. The fourth-order valence-electron chi connectivity index (χ4n) is 7.25. The summed E-state index contributed by atoms with van der Waals surface area (Å²) in [7, 11) is 0. The minimum atomic E-state index is 0. The van der Waals surface area contributed by atoms with E-state index in [1.54, 1.807) is 0 Å². The van der Waals surface area contributed by atoms with E-state index >= 15 is 0 Å². The number of benzene rings is 7. The molecule has 0 fully saturated rings. The molecule has 0 saturated heterocycles. The molecule has 9 rings (SSSR count). The van der Waals surface area contributed by atoms with E-state index in [2.05, 4.69) is 198 Å². The van der Waals surface area contributed by atoms with Gasteiger partial charge in [0.25, 0.3) is 0 Å². The van der Waals surface area contributed by atoms with E-state index in [1.165, 1.54) is 111 Å². The molecule has 0 amide bonds. The zero-order valence-corrected chi connectivity index (χ0v) is 36.7. The molecule has 4 heteroatoms. The maximum absolute atomic E-state index is 3.06. The monoisotopic (exact) mass is 834 g/mol. The van der Waals surface area contributed by atoms with Gasteiger partial charge in [0.15, 0.2) is 0 Å². The van der Waals surface area contributed by atoms with Gasteiger partial charge in [-0.2, -0.15) is 12.1 Å². The van der Waals surface area contributed by atoms with Crippen molar-refractivity contribution in [2.45, 2.75) is 26.7 Å². The molecule has 0 spiro atoms. The SMILES string of the molecule is CC(C)c1cc2c(-c3ccccc3)cccc2[cH-]1.Cc1cc2c(-c3cccc4ccccc34)cc(-c3cccc4ccccc34)cc2[cH-]1.Cl.Cl.[CH3-].[CH3-].[Si]=[Zr]. The molecule has 0 bridgehead atoms. The number of aryl methyl sites for hydroxylation is 1. The van der Waals surface area contributed by atoms with Gasteiger partial charge >= 0.3 is 30.2 Å². The third kappa shape index (κ3) is 9.07. The molecular weight excluding hydrogens is 791 g/mol. The first kappa shape index (κ1) is 44.4. The number of halogens is 2. The van der Waals surface area contributed by atoms with Crippen LogP contribution in [0.2, 0.25) is 0 Å². The summed E-state index contributed by atoms with van der Waals surface area (Å²) >= 11 is 1.36. The van der Waals surface area contributed by atoms with Crippen LogP contribution >= 0.6 is 24.8 Å². The van der Waals surface area contributed by atoms with Crippen molar-refractivity contribution in [1.82, 2.24) is 0 Å². The molecule has 0 saturated carbocycles.